The van der Waals surface area contributed by atoms with Crippen LogP contribution in [0, 0.1) is 5.92 Å². The van der Waals surface area contributed by atoms with Gasteiger partial charge in [-0.15, -0.1) is 0 Å². The molecule has 2 nitrogen and oxygen atoms in total. The van der Waals surface area contributed by atoms with E-state index in [0.29, 0.717) is 18.1 Å². The number of hydrogen-bond acceptors (Lipinski definition) is 2. The molecule has 12 heavy (non-hydrogen) atoms. The zero-order valence-electron chi connectivity index (χ0n) is 8.39. The third-order valence-corrected chi connectivity index (χ3v) is 1.68. The van der Waals surface area contributed by atoms with E-state index >= 15 is 0 Å². The molecule has 0 aliphatic rings. The van der Waals surface area contributed by atoms with E-state index in [9.17, 15) is 4.79 Å². The Balaban J connectivity index is 3.58. The van der Waals surface area contributed by atoms with Gasteiger partial charge in [-0.25, -0.2) is 4.79 Å². The van der Waals surface area contributed by atoms with Crippen LogP contribution in [0.4, 0.5) is 0 Å². The Morgan fingerprint density at radius 2 is 2.08 bits per heavy atom. The molecule has 0 rings (SSSR count). The molecule has 0 amide bonds. The summed E-state index contributed by atoms with van der Waals surface area (Å²) in [5, 5.41) is 0. The highest BCUT2D eigenvalue weighted by Gasteiger charge is 2.03. The van der Waals surface area contributed by atoms with Crippen LogP contribution in [0.2, 0.25) is 0 Å². The summed E-state index contributed by atoms with van der Waals surface area (Å²) < 4.78 is 5.00. The van der Waals surface area contributed by atoms with Crippen molar-refractivity contribution in [3.8, 4) is 0 Å². The summed E-state index contributed by atoms with van der Waals surface area (Å²) in [6, 6.07) is 0. The average molecular weight is 170 g/mol. The second-order valence-electron chi connectivity index (χ2n) is 3.29. The molecular formula is C10H18O2. The molecule has 0 saturated heterocycles. The van der Waals surface area contributed by atoms with Crippen LogP contribution in [0.15, 0.2) is 11.6 Å². The van der Waals surface area contributed by atoms with Crippen molar-refractivity contribution in [1.29, 1.82) is 0 Å². The van der Waals surface area contributed by atoms with E-state index in [1.54, 1.807) is 13.0 Å². The summed E-state index contributed by atoms with van der Waals surface area (Å²) in [7, 11) is 0. The Labute approximate surface area is 74.6 Å². The number of carbonyl (C=O) groups is 1. The lowest BCUT2D eigenvalue weighted by Crippen LogP contribution is -2.08. The van der Waals surface area contributed by atoms with Crippen LogP contribution in [-0.2, 0) is 9.53 Å². The van der Waals surface area contributed by atoms with Crippen molar-refractivity contribution in [2.45, 2.75) is 34.1 Å². The molecule has 0 bridgehead atoms. The summed E-state index contributed by atoms with van der Waals surface area (Å²) in [5.41, 5.74) is 0.679. The molecule has 0 aromatic heterocycles. The Hall–Kier alpha value is -0.790. The highest BCUT2D eigenvalue weighted by molar-refractivity contribution is 5.87. The highest BCUT2D eigenvalue weighted by Crippen LogP contribution is 2.01. The predicted molar refractivity (Wildman–Crippen MR) is 49.8 cm³/mol. The van der Waals surface area contributed by atoms with Gasteiger partial charge in [0.25, 0.3) is 0 Å². The van der Waals surface area contributed by atoms with Crippen LogP contribution in [0.1, 0.15) is 34.1 Å². The molecule has 0 aromatic rings. The average Bonchev–Trinajstić information content (AvgIpc) is 2.02. The minimum atomic E-state index is -0.196. The van der Waals surface area contributed by atoms with Gasteiger partial charge in [0.15, 0.2) is 0 Å². The normalized spacial score (nSPS) is 11.9. The number of hydrogen-bond donors (Lipinski definition) is 0. The number of allylic oxidation sites excluding steroid dienone is 1. The maximum absolute atomic E-state index is 11.1. The van der Waals surface area contributed by atoms with E-state index < -0.39 is 0 Å². The lowest BCUT2D eigenvalue weighted by atomic mass is 10.1. The van der Waals surface area contributed by atoms with Gasteiger partial charge in [-0.3, -0.25) is 0 Å². The van der Waals surface area contributed by atoms with Gasteiger partial charge in [0.2, 0.25) is 0 Å². The Morgan fingerprint density at radius 1 is 1.50 bits per heavy atom. The Kier molecular flexibility index (Phi) is 5.43. The Bertz CT molecular complexity index is 169. The van der Waals surface area contributed by atoms with Crippen molar-refractivity contribution in [1.82, 2.24) is 0 Å². The first kappa shape index (κ1) is 11.2. The second kappa shape index (κ2) is 5.81. The summed E-state index contributed by atoms with van der Waals surface area (Å²) in [4.78, 5) is 11.1. The van der Waals surface area contributed by atoms with E-state index in [4.69, 9.17) is 4.74 Å². The molecule has 0 spiro atoms. The SMILES string of the molecule is C/C=C(\C)C(=O)OCCC(C)C. The van der Waals surface area contributed by atoms with Crippen molar-refractivity contribution in [2.75, 3.05) is 6.61 Å². The molecule has 0 saturated carbocycles. The van der Waals surface area contributed by atoms with Crippen LogP contribution in [-0.4, -0.2) is 12.6 Å². The smallest absolute Gasteiger partial charge is 0.333 e. The first-order chi connectivity index (χ1) is 5.57. The monoisotopic (exact) mass is 170 g/mol. The molecule has 0 N–H and O–H groups in total. The van der Waals surface area contributed by atoms with Crippen LogP contribution in [0.25, 0.3) is 0 Å². The van der Waals surface area contributed by atoms with Gasteiger partial charge in [0, 0.05) is 5.57 Å². The minimum absolute atomic E-state index is 0.196. The van der Waals surface area contributed by atoms with Gasteiger partial charge in [-0.1, -0.05) is 19.9 Å². The maximum Gasteiger partial charge on any atom is 0.333 e. The molecule has 2 heteroatoms. The third kappa shape index (κ3) is 4.94. The van der Waals surface area contributed by atoms with E-state index in [-0.39, 0.29) is 5.97 Å². The zero-order valence-corrected chi connectivity index (χ0v) is 8.39. The minimum Gasteiger partial charge on any atom is -0.462 e. The van der Waals surface area contributed by atoms with Crippen molar-refractivity contribution >= 4 is 5.97 Å². The first-order valence-electron chi connectivity index (χ1n) is 4.38. The molecule has 0 aliphatic heterocycles. The van der Waals surface area contributed by atoms with E-state index in [0.717, 1.165) is 6.42 Å². The molecule has 70 valence electrons. The van der Waals surface area contributed by atoms with Gasteiger partial charge in [0.05, 0.1) is 6.61 Å². The lowest BCUT2D eigenvalue weighted by Gasteiger charge is -2.06. The number of rotatable bonds is 4. The summed E-state index contributed by atoms with van der Waals surface area (Å²) in [6.45, 7) is 8.34. The summed E-state index contributed by atoms with van der Waals surface area (Å²) in [5.74, 6) is 0.391. The summed E-state index contributed by atoms with van der Waals surface area (Å²) in [6.07, 6.45) is 2.69. The van der Waals surface area contributed by atoms with Crippen molar-refractivity contribution in [2.24, 2.45) is 5.92 Å². The number of ether oxygens (including phenoxy) is 1. The lowest BCUT2D eigenvalue weighted by molar-refractivity contribution is -0.139. The van der Waals surface area contributed by atoms with Crippen LogP contribution in [0.5, 0.6) is 0 Å². The van der Waals surface area contributed by atoms with Gasteiger partial charge in [-0.05, 0) is 26.2 Å². The van der Waals surface area contributed by atoms with Gasteiger partial charge < -0.3 is 4.74 Å². The molecule has 0 aliphatic carbocycles. The fourth-order valence-electron chi connectivity index (χ4n) is 0.619. The number of esters is 1. The molecular weight excluding hydrogens is 152 g/mol. The summed E-state index contributed by atoms with van der Waals surface area (Å²) >= 11 is 0. The van der Waals surface area contributed by atoms with E-state index in [2.05, 4.69) is 13.8 Å². The Morgan fingerprint density at radius 3 is 2.50 bits per heavy atom. The second-order valence-corrected chi connectivity index (χ2v) is 3.29. The third-order valence-electron chi connectivity index (χ3n) is 1.68. The molecule has 0 unspecified atom stereocenters. The van der Waals surface area contributed by atoms with Crippen LogP contribution in [0.3, 0.4) is 0 Å². The molecule has 0 heterocycles. The van der Waals surface area contributed by atoms with Crippen LogP contribution >= 0.6 is 0 Å². The van der Waals surface area contributed by atoms with Crippen LogP contribution < -0.4 is 0 Å². The van der Waals surface area contributed by atoms with Crippen molar-refractivity contribution in [3.63, 3.8) is 0 Å². The highest BCUT2D eigenvalue weighted by atomic mass is 16.5. The van der Waals surface area contributed by atoms with Gasteiger partial charge >= 0.3 is 5.97 Å². The van der Waals surface area contributed by atoms with Crippen molar-refractivity contribution < 1.29 is 9.53 Å². The standard InChI is InChI=1S/C10H18O2/c1-5-9(4)10(11)12-7-6-8(2)3/h5,8H,6-7H2,1-4H3/b9-5+. The van der Waals surface area contributed by atoms with Gasteiger partial charge in [0.1, 0.15) is 0 Å². The fourth-order valence-corrected chi connectivity index (χ4v) is 0.619. The first-order valence-corrected chi connectivity index (χ1v) is 4.38. The topological polar surface area (TPSA) is 26.3 Å². The number of carbonyl (C=O) groups excluding carboxylic acids is 1. The molecule has 0 radical (unpaired) electrons. The largest absolute Gasteiger partial charge is 0.462 e. The molecule has 0 atom stereocenters. The van der Waals surface area contributed by atoms with E-state index in [1.807, 2.05) is 6.92 Å². The maximum atomic E-state index is 11.1. The van der Waals surface area contributed by atoms with E-state index in [1.165, 1.54) is 0 Å². The fraction of sp³-hybridized carbons (Fsp3) is 0.700. The molecule has 0 aromatic carbocycles. The molecule has 0 fully saturated rings. The van der Waals surface area contributed by atoms with Crippen molar-refractivity contribution in [3.05, 3.63) is 11.6 Å². The quantitative estimate of drug-likeness (QED) is 0.478. The predicted octanol–water partition coefficient (Wildman–Crippen LogP) is 2.54. The zero-order chi connectivity index (χ0) is 9.56. The van der Waals surface area contributed by atoms with Gasteiger partial charge in [-0.2, -0.15) is 0 Å².